The van der Waals surface area contributed by atoms with E-state index < -0.39 is 21.8 Å². The molecule has 8 nitrogen and oxygen atoms in total. The molecule has 2 aromatic carbocycles. The first-order valence-corrected chi connectivity index (χ1v) is 10.5. The molecule has 2 amide bonds. The number of benzene rings is 2. The van der Waals surface area contributed by atoms with E-state index in [1.165, 1.54) is 24.4 Å². The minimum atomic E-state index is -3.89. The van der Waals surface area contributed by atoms with Gasteiger partial charge in [0.25, 0.3) is 11.8 Å². The Morgan fingerprint density at radius 2 is 1.67 bits per heavy atom. The van der Waals surface area contributed by atoms with Crippen molar-refractivity contribution in [2.75, 3.05) is 0 Å². The van der Waals surface area contributed by atoms with Crippen molar-refractivity contribution < 1.29 is 22.7 Å². The SMILES string of the molecule is O=C1NC(=O)c2cc(S(=O)(=O)NCc3ccnc(OCc4ccccc4)c3)ccc21. The van der Waals surface area contributed by atoms with Gasteiger partial charge in [-0.25, -0.2) is 18.1 Å². The average Bonchev–Trinajstić information content (AvgIpc) is 3.05. The molecule has 0 unspecified atom stereocenters. The number of rotatable bonds is 7. The normalized spacial score (nSPS) is 13.1. The molecular formula is C21H17N3O5S. The van der Waals surface area contributed by atoms with Crippen molar-refractivity contribution in [1.82, 2.24) is 15.0 Å². The first-order chi connectivity index (χ1) is 14.4. The van der Waals surface area contributed by atoms with E-state index in [2.05, 4.69) is 15.0 Å². The number of pyridine rings is 1. The molecule has 0 aliphatic carbocycles. The molecule has 0 fully saturated rings. The number of hydrogen-bond acceptors (Lipinski definition) is 6. The monoisotopic (exact) mass is 423 g/mol. The summed E-state index contributed by atoms with van der Waals surface area (Å²) >= 11 is 0. The van der Waals surface area contributed by atoms with Crippen LogP contribution in [0.2, 0.25) is 0 Å². The van der Waals surface area contributed by atoms with E-state index in [1.54, 1.807) is 12.1 Å². The van der Waals surface area contributed by atoms with E-state index in [9.17, 15) is 18.0 Å². The molecule has 1 aliphatic rings. The van der Waals surface area contributed by atoms with Crippen LogP contribution in [0.1, 0.15) is 31.8 Å². The van der Waals surface area contributed by atoms with E-state index in [1.807, 2.05) is 30.3 Å². The highest BCUT2D eigenvalue weighted by molar-refractivity contribution is 7.89. The lowest BCUT2D eigenvalue weighted by atomic mass is 10.1. The van der Waals surface area contributed by atoms with Gasteiger partial charge in [0.2, 0.25) is 15.9 Å². The van der Waals surface area contributed by atoms with Crippen molar-refractivity contribution in [2.45, 2.75) is 18.0 Å². The van der Waals surface area contributed by atoms with E-state index in [0.29, 0.717) is 18.1 Å². The fourth-order valence-electron chi connectivity index (χ4n) is 2.95. The van der Waals surface area contributed by atoms with Crippen molar-refractivity contribution in [2.24, 2.45) is 0 Å². The summed E-state index contributed by atoms with van der Waals surface area (Å²) in [6, 6.07) is 16.7. The quantitative estimate of drug-likeness (QED) is 0.562. The third-order valence-corrected chi connectivity index (χ3v) is 5.91. The topological polar surface area (TPSA) is 114 Å². The molecular weight excluding hydrogens is 406 g/mol. The molecule has 2 heterocycles. The Kier molecular flexibility index (Phi) is 5.30. The molecule has 3 aromatic rings. The Morgan fingerprint density at radius 1 is 0.900 bits per heavy atom. The van der Waals surface area contributed by atoms with Crippen molar-refractivity contribution in [3.8, 4) is 5.88 Å². The van der Waals surface area contributed by atoms with Crippen LogP contribution < -0.4 is 14.8 Å². The number of nitrogens with zero attached hydrogens (tertiary/aromatic N) is 1. The Hall–Kier alpha value is -3.56. The smallest absolute Gasteiger partial charge is 0.258 e. The number of sulfonamides is 1. The number of carbonyl (C=O) groups is 2. The molecule has 4 rings (SSSR count). The number of nitrogens with one attached hydrogen (secondary N) is 2. The second kappa shape index (κ2) is 8.05. The zero-order chi connectivity index (χ0) is 21.1. The van der Waals surface area contributed by atoms with E-state index >= 15 is 0 Å². The fraction of sp³-hybridized carbons (Fsp3) is 0.0952. The maximum atomic E-state index is 12.6. The predicted molar refractivity (Wildman–Crippen MR) is 107 cm³/mol. The second-order valence-corrected chi connectivity index (χ2v) is 8.36. The van der Waals surface area contributed by atoms with Crippen molar-refractivity contribution in [3.63, 3.8) is 0 Å². The number of amides is 2. The molecule has 1 aromatic heterocycles. The van der Waals surface area contributed by atoms with Crippen LogP contribution >= 0.6 is 0 Å². The summed E-state index contributed by atoms with van der Waals surface area (Å²) < 4.78 is 33.4. The highest BCUT2D eigenvalue weighted by Crippen LogP contribution is 2.20. The highest BCUT2D eigenvalue weighted by Gasteiger charge is 2.28. The lowest BCUT2D eigenvalue weighted by Gasteiger charge is -2.09. The zero-order valence-corrected chi connectivity index (χ0v) is 16.5. The number of fused-ring (bicyclic) bond motifs is 1. The fourth-order valence-corrected chi connectivity index (χ4v) is 3.99. The number of hydrogen-bond donors (Lipinski definition) is 2. The summed E-state index contributed by atoms with van der Waals surface area (Å²) in [7, 11) is -3.89. The van der Waals surface area contributed by atoms with Crippen molar-refractivity contribution in [1.29, 1.82) is 0 Å². The number of ether oxygens (including phenoxy) is 1. The van der Waals surface area contributed by atoms with Crippen LogP contribution in [-0.4, -0.2) is 25.2 Å². The van der Waals surface area contributed by atoms with Gasteiger partial charge in [-0.15, -0.1) is 0 Å². The first kappa shape index (κ1) is 19.7. The summed E-state index contributed by atoms with van der Waals surface area (Å²) in [5, 5.41) is 2.13. The minimum absolute atomic E-state index is 0.00869. The van der Waals surface area contributed by atoms with Gasteiger partial charge in [-0.1, -0.05) is 30.3 Å². The number of aromatic nitrogens is 1. The molecule has 9 heteroatoms. The van der Waals surface area contributed by atoms with Crippen LogP contribution in [-0.2, 0) is 23.2 Å². The van der Waals surface area contributed by atoms with Crippen molar-refractivity contribution >= 4 is 21.8 Å². The Balaban J connectivity index is 1.43. The second-order valence-electron chi connectivity index (χ2n) is 6.59. The highest BCUT2D eigenvalue weighted by atomic mass is 32.2. The van der Waals surface area contributed by atoms with E-state index in [-0.39, 0.29) is 22.6 Å². The van der Waals surface area contributed by atoms with Gasteiger partial charge < -0.3 is 4.74 Å². The molecule has 152 valence electrons. The summed E-state index contributed by atoms with van der Waals surface area (Å²) in [4.78, 5) is 27.4. The van der Waals surface area contributed by atoms with E-state index in [0.717, 1.165) is 5.56 Å². The standard InChI is InChI=1S/C21H17N3O5S/c25-20-17-7-6-16(11-18(17)21(26)24-20)30(27,28)23-12-15-8-9-22-19(10-15)29-13-14-4-2-1-3-5-14/h1-11,23H,12-13H2,(H,24,25,26). The zero-order valence-electron chi connectivity index (χ0n) is 15.7. The summed E-state index contributed by atoms with van der Waals surface area (Å²) in [6.45, 7) is 0.355. The minimum Gasteiger partial charge on any atom is -0.473 e. The lowest BCUT2D eigenvalue weighted by Crippen LogP contribution is -2.23. The molecule has 0 spiro atoms. The Labute approximate surface area is 173 Å². The van der Waals surface area contributed by atoms with Crippen LogP contribution in [0, 0.1) is 0 Å². The van der Waals surface area contributed by atoms with Gasteiger partial charge in [-0.05, 0) is 35.4 Å². The van der Waals surface area contributed by atoms with Crippen LogP contribution in [0.25, 0.3) is 0 Å². The van der Waals surface area contributed by atoms with Crippen LogP contribution in [0.15, 0.2) is 71.8 Å². The Morgan fingerprint density at radius 3 is 2.47 bits per heavy atom. The van der Waals surface area contributed by atoms with Gasteiger partial charge >= 0.3 is 0 Å². The molecule has 2 N–H and O–H groups in total. The number of imide groups is 1. The predicted octanol–water partition coefficient (Wildman–Crippen LogP) is 2.02. The molecule has 30 heavy (non-hydrogen) atoms. The first-order valence-electron chi connectivity index (χ1n) is 9.03. The molecule has 0 radical (unpaired) electrons. The summed E-state index contributed by atoms with van der Waals surface area (Å²) in [5.74, 6) is -0.767. The van der Waals surface area contributed by atoms with Gasteiger partial charge in [-0.2, -0.15) is 0 Å². The lowest BCUT2D eigenvalue weighted by molar-refractivity contribution is 0.0879. The molecule has 0 saturated carbocycles. The largest absolute Gasteiger partial charge is 0.473 e. The third kappa shape index (κ3) is 4.22. The number of carbonyl (C=O) groups excluding carboxylic acids is 2. The maximum Gasteiger partial charge on any atom is 0.258 e. The molecule has 1 aliphatic heterocycles. The maximum absolute atomic E-state index is 12.6. The van der Waals surface area contributed by atoms with Crippen LogP contribution in [0.5, 0.6) is 5.88 Å². The third-order valence-electron chi connectivity index (χ3n) is 4.51. The molecule has 0 bridgehead atoms. The van der Waals surface area contributed by atoms with Crippen LogP contribution in [0.4, 0.5) is 0 Å². The van der Waals surface area contributed by atoms with Gasteiger partial charge in [-0.3, -0.25) is 14.9 Å². The van der Waals surface area contributed by atoms with Gasteiger partial charge in [0.15, 0.2) is 0 Å². The van der Waals surface area contributed by atoms with Crippen LogP contribution in [0.3, 0.4) is 0 Å². The van der Waals surface area contributed by atoms with Crippen molar-refractivity contribution in [3.05, 3.63) is 89.1 Å². The van der Waals surface area contributed by atoms with E-state index in [4.69, 9.17) is 4.74 Å². The molecule has 0 saturated heterocycles. The summed E-state index contributed by atoms with van der Waals surface area (Å²) in [5.41, 5.74) is 1.85. The van der Waals surface area contributed by atoms with Gasteiger partial charge in [0.1, 0.15) is 6.61 Å². The Bertz CT molecular complexity index is 1230. The van der Waals surface area contributed by atoms with Gasteiger partial charge in [0.05, 0.1) is 16.0 Å². The summed E-state index contributed by atoms with van der Waals surface area (Å²) in [6.07, 6.45) is 1.54. The van der Waals surface area contributed by atoms with Gasteiger partial charge in [0, 0.05) is 18.8 Å². The molecule has 0 atom stereocenters. The average molecular weight is 423 g/mol.